The molecule has 1 aliphatic rings. The van der Waals surface area contributed by atoms with E-state index >= 15 is 0 Å². The summed E-state index contributed by atoms with van der Waals surface area (Å²) in [6, 6.07) is 19.1. The molecule has 6 nitrogen and oxygen atoms in total. The molecule has 0 spiro atoms. The van der Waals surface area contributed by atoms with Gasteiger partial charge in [0.15, 0.2) is 11.5 Å². The van der Waals surface area contributed by atoms with Crippen LogP contribution in [0.3, 0.4) is 0 Å². The van der Waals surface area contributed by atoms with Gasteiger partial charge in [0.25, 0.3) is 0 Å². The van der Waals surface area contributed by atoms with Crippen LogP contribution < -0.4 is 20.1 Å². The van der Waals surface area contributed by atoms with Crippen LogP contribution in [0.2, 0.25) is 0 Å². The maximum atomic E-state index is 12.6. The molecular formula is C23H24N2O4. The third kappa shape index (κ3) is 4.60. The Morgan fingerprint density at radius 2 is 1.76 bits per heavy atom. The van der Waals surface area contributed by atoms with Gasteiger partial charge in [0.05, 0.1) is 24.9 Å². The predicted octanol–water partition coefficient (Wildman–Crippen LogP) is 3.61. The van der Waals surface area contributed by atoms with Crippen LogP contribution in [-0.4, -0.2) is 25.7 Å². The van der Waals surface area contributed by atoms with Gasteiger partial charge in [-0.1, -0.05) is 36.4 Å². The lowest BCUT2D eigenvalue weighted by atomic mass is 10.0. The van der Waals surface area contributed by atoms with Crippen molar-refractivity contribution in [3.05, 3.63) is 83.8 Å². The fourth-order valence-corrected chi connectivity index (χ4v) is 3.38. The van der Waals surface area contributed by atoms with Crippen molar-refractivity contribution < 1.29 is 18.7 Å². The van der Waals surface area contributed by atoms with E-state index in [0.29, 0.717) is 13.2 Å². The van der Waals surface area contributed by atoms with Gasteiger partial charge in [0.1, 0.15) is 19.0 Å². The summed E-state index contributed by atoms with van der Waals surface area (Å²) in [5.74, 6) is 2.13. The highest BCUT2D eigenvalue weighted by Crippen LogP contribution is 2.32. The van der Waals surface area contributed by atoms with Gasteiger partial charge < -0.3 is 19.2 Å². The van der Waals surface area contributed by atoms with Crippen LogP contribution in [0.15, 0.2) is 71.3 Å². The van der Waals surface area contributed by atoms with Gasteiger partial charge in [0.2, 0.25) is 5.91 Å². The lowest BCUT2D eigenvalue weighted by Gasteiger charge is -2.22. The third-order valence-electron chi connectivity index (χ3n) is 4.87. The molecule has 150 valence electrons. The van der Waals surface area contributed by atoms with Crippen molar-refractivity contribution in [3.63, 3.8) is 0 Å². The summed E-state index contributed by atoms with van der Waals surface area (Å²) < 4.78 is 16.7. The van der Waals surface area contributed by atoms with E-state index in [1.54, 1.807) is 6.26 Å². The second-order valence-corrected chi connectivity index (χ2v) is 6.93. The standard InChI is InChI=1S/C23H24N2O4/c1-16(18-9-10-19-21(14-18)29-13-12-28-19)25-22(26)15-24-23(20-8-5-11-27-20)17-6-3-2-4-7-17/h2-11,14,16,23-24H,12-13,15H2,1H3,(H,25,26)/t16-,23+/m0/s1. The largest absolute Gasteiger partial charge is 0.486 e. The second-order valence-electron chi connectivity index (χ2n) is 6.93. The second kappa shape index (κ2) is 8.84. The number of hydrogen-bond donors (Lipinski definition) is 2. The van der Waals surface area contributed by atoms with Crippen LogP contribution in [0.25, 0.3) is 0 Å². The van der Waals surface area contributed by atoms with Crippen molar-refractivity contribution in [2.45, 2.75) is 19.0 Å². The van der Waals surface area contributed by atoms with Crippen molar-refractivity contribution >= 4 is 5.91 Å². The first kappa shape index (κ1) is 19.1. The molecule has 1 aromatic heterocycles. The fraction of sp³-hybridized carbons (Fsp3) is 0.261. The van der Waals surface area contributed by atoms with Crippen LogP contribution in [-0.2, 0) is 4.79 Å². The average molecular weight is 392 g/mol. The molecule has 2 aromatic carbocycles. The molecule has 0 radical (unpaired) electrons. The summed E-state index contributed by atoms with van der Waals surface area (Å²) in [5, 5.41) is 6.32. The van der Waals surface area contributed by atoms with Gasteiger partial charge in [-0.25, -0.2) is 0 Å². The summed E-state index contributed by atoms with van der Waals surface area (Å²) in [7, 11) is 0. The molecule has 0 fully saturated rings. The third-order valence-corrected chi connectivity index (χ3v) is 4.87. The van der Waals surface area contributed by atoms with E-state index in [2.05, 4.69) is 10.6 Å². The van der Waals surface area contributed by atoms with Crippen LogP contribution in [0.4, 0.5) is 0 Å². The number of rotatable bonds is 7. The van der Waals surface area contributed by atoms with Crippen molar-refractivity contribution in [2.24, 2.45) is 0 Å². The minimum atomic E-state index is -0.193. The van der Waals surface area contributed by atoms with E-state index in [9.17, 15) is 4.79 Å². The molecule has 1 amide bonds. The minimum Gasteiger partial charge on any atom is -0.486 e. The zero-order valence-electron chi connectivity index (χ0n) is 16.3. The molecule has 2 N–H and O–H groups in total. The Bertz CT molecular complexity index is 941. The molecule has 29 heavy (non-hydrogen) atoms. The Kier molecular flexibility index (Phi) is 5.81. The highest BCUT2D eigenvalue weighted by atomic mass is 16.6. The zero-order chi connectivity index (χ0) is 20.1. The number of hydrogen-bond acceptors (Lipinski definition) is 5. The van der Waals surface area contributed by atoms with E-state index in [-0.39, 0.29) is 24.5 Å². The van der Waals surface area contributed by atoms with Crippen molar-refractivity contribution in [3.8, 4) is 11.5 Å². The Hall–Kier alpha value is -3.25. The Morgan fingerprint density at radius 1 is 0.966 bits per heavy atom. The van der Waals surface area contributed by atoms with Crippen LogP contribution in [0.1, 0.15) is 35.9 Å². The minimum absolute atomic E-state index is 0.0973. The molecule has 0 bridgehead atoms. The number of amides is 1. The van der Waals surface area contributed by atoms with Crippen molar-refractivity contribution in [2.75, 3.05) is 19.8 Å². The molecule has 6 heteroatoms. The highest BCUT2D eigenvalue weighted by Gasteiger charge is 2.19. The van der Waals surface area contributed by atoms with Gasteiger partial charge in [0, 0.05) is 0 Å². The number of benzene rings is 2. The molecule has 0 unspecified atom stereocenters. The Labute approximate surface area is 169 Å². The van der Waals surface area contributed by atoms with Crippen LogP contribution >= 0.6 is 0 Å². The molecule has 2 heterocycles. The Balaban J connectivity index is 1.38. The quantitative estimate of drug-likeness (QED) is 0.643. The van der Waals surface area contributed by atoms with Gasteiger partial charge in [-0.2, -0.15) is 0 Å². The first-order valence-corrected chi connectivity index (χ1v) is 9.71. The van der Waals surface area contributed by atoms with Crippen molar-refractivity contribution in [1.29, 1.82) is 0 Å². The van der Waals surface area contributed by atoms with E-state index in [1.807, 2.05) is 67.6 Å². The van der Waals surface area contributed by atoms with Gasteiger partial charge >= 0.3 is 0 Å². The summed E-state index contributed by atoms with van der Waals surface area (Å²) in [5.41, 5.74) is 2.00. The molecule has 0 saturated heterocycles. The van der Waals surface area contributed by atoms with Gasteiger partial charge in [-0.15, -0.1) is 0 Å². The maximum absolute atomic E-state index is 12.6. The molecule has 1 aliphatic heterocycles. The van der Waals surface area contributed by atoms with Crippen LogP contribution in [0, 0.1) is 0 Å². The maximum Gasteiger partial charge on any atom is 0.234 e. The number of furan rings is 1. The summed E-state index contributed by atoms with van der Waals surface area (Å²) in [4.78, 5) is 12.6. The number of carbonyl (C=O) groups is 1. The number of carbonyl (C=O) groups excluding carboxylic acids is 1. The molecule has 0 saturated carbocycles. The lowest BCUT2D eigenvalue weighted by molar-refractivity contribution is -0.121. The average Bonchev–Trinajstić information content (AvgIpc) is 3.29. The van der Waals surface area contributed by atoms with E-state index in [0.717, 1.165) is 28.4 Å². The molecule has 4 rings (SSSR count). The lowest BCUT2D eigenvalue weighted by Crippen LogP contribution is -2.37. The zero-order valence-corrected chi connectivity index (χ0v) is 16.3. The first-order valence-electron chi connectivity index (χ1n) is 9.71. The summed E-state index contributed by atoms with van der Waals surface area (Å²) >= 11 is 0. The molecule has 3 aromatic rings. The SMILES string of the molecule is C[C@H](NC(=O)CN[C@H](c1ccccc1)c1ccco1)c1ccc2c(c1)OCCO2. The van der Waals surface area contributed by atoms with Gasteiger partial charge in [-0.3, -0.25) is 10.1 Å². The first-order chi connectivity index (χ1) is 14.2. The smallest absolute Gasteiger partial charge is 0.234 e. The molecular weight excluding hydrogens is 368 g/mol. The Morgan fingerprint density at radius 3 is 2.52 bits per heavy atom. The topological polar surface area (TPSA) is 72.7 Å². The van der Waals surface area contributed by atoms with Crippen molar-refractivity contribution in [1.82, 2.24) is 10.6 Å². The van der Waals surface area contributed by atoms with E-state index in [1.165, 1.54) is 0 Å². The normalized spacial score (nSPS) is 14.8. The monoisotopic (exact) mass is 392 g/mol. The van der Waals surface area contributed by atoms with Crippen LogP contribution in [0.5, 0.6) is 11.5 Å². The summed E-state index contributed by atoms with van der Waals surface area (Å²) in [6.45, 7) is 3.21. The van der Waals surface area contributed by atoms with E-state index in [4.69, 9.17) is 13.9 Å². The summed E-state index contributed by atoms with van der Waals surface area (Å²) in [6.07, 6.45) is 1.64. The fourth-order valence-electron chi connectivity index (χ4n) is 3.38. The number of ether oxygens (including phenoxy) is 2. The van der Waals surface area contributed by atoms with E-state index < -0.39 is 0 Å². The number of fused-ring (bicyclic) bond motifs is 1. The molecule has 2 atom stereocenters. The predicted molar refractivity (Wildman–Crippen MR) is 109 cm³/mol. The van der Waals surface area contributed by atoms with Gasteiger partial charge in [-0.05, 0) is 42.3 Å². The number of nitrogens with one attached hydrogen (secondary N) is 2. The molecule has 0 aliphatic carbocycles. The highest BCUT2D eigenvalue weighted by molar-refractivity contribution is 5.78.